The largest absolute Gasteiger partial charge is 0.488 e. The van der Waals surface area contributed by atoms with E-state index in [9.17, 15) is 14.7 Å². The molecule has 1 saturated heterocycles. The van der Waals surface area contributed by atoms with Crippen molar-refractivity contribution in [2.45, 2.75) is 25.8 Å². The van der Waals surface area contributed by atoms with Crippen molar-refractivity contribution in [3.05, 3.63) is 34.4 Å². The standard InChI is InChI=1S/C17H18ClNO4/c1-10-2-3-11(17(21)22)8-19(10)16(20)13-6-12-7-14(18)4-5-15(12)23-9-13/h4-7,10-11H,2-3,8-9H2,1H3,(H,21,22). The smallest absolute Gasteiger partial charge is 0.308 e. The Morgan fingerprint density at radius 3 is 2.87 bits per heavy atom. The molecule has 2 unspecified atom stereocenters. The maximum atomic E-state index is 12.8. The molecule has 0 radical (unpaired) electrons. The molecule has 2 aliphatic rings. The van der Waals surface area contributed by atoms with Gasteiger partial charge in [-0.15, -0.1) is 0 Å². The molecule has 122 valence electrons. The average molecular weight is 336 g/mol. The Morgan fingerprint density at radius 1 is 1.35 bits per heavy atom. The molecular formula is C17H18ClNO4. The molecule has 6 heteroatoms. The lowest BCUT2D eigenvalue weighted by Crippen LogP contribution is -2.48. The van der Waals surface area contributed by atoms with Crippen LogP contribution in [0.15, 0.2) is 23.8 Å². The van der Waals surface area contributed by atoms with Crippen LogP contribution in [0.2, 0.25) is 5.02 Å². The molecular weight excluding hydrogens is 318 g/mol. The average Bonchev–Trinajstić information content (AvgIpc) is 2.53. The van der Waals surface area contributed by atoms with Crippen molar-refractivity contribution in [2.24, 2.45) is 5.92 Å². The fraction of sp³-hybridized carbons (Fsp3) is 0.412. The quantitative estimate of drug-likeness (QED) is 0.902. The van der Waals surface area contributed by atoms with E-state index < -0.39 is 11.9 Å². The summed E-state index contributed by atoms with van der Waals surface area (Å²) >= 11 is 5.98. The Hall–Kier alpha value is -2.01. The molecule has 23 heavy (non-hydrogen) atoms. The zero-order valence-electron chi connectivity index (χ0n) is 12.8. The summed E-state index contributed by atoms with van der Waals surface area (Å²) in [6.45, 7) is 2.38. The Morgan fingerprint density at radius 2 is 2.13 bits per heavy atom. The monoisotopic (exact) mass is 335 g/mol. The Balaban J connectivity index is 1.83. The molecule has 0 bridgehead atoms. The van der Waals surface area contributed by atoms with Crippen molar-refractivity contribution in [2.75, 3.05) is 13.2 Å². The highest BCUT2D eigenvalue weighted by atomic mass is 35.5. The third kappa shape index (κ3) is 3.20. The minimum atomic E-state index is -0.847. The molecule has 1 aromatic carbocycles. The summed E-state index contributed by atoms with van der Waals surface area (Å²) in [5, 5.41) is 9.78. The van der Waals surface area contributed by atoms with Crippen molar-refractivity contribution in [1.82, 2.24) is 4.90 Å². The summed E-state index contributed by atoms with van der Waals surface area (Å²) in [5.74, 6) is -0.808. The number of carbonyl (C=O) groups is 2. The second kappa shape index (κ2) is 6.24. The molecule has 1 aromatic rings. The van der Waals surface area contributed by atoms with Gasteiger partial charge in [0.15, 0.2) is 0 Å². The Kier molecular flexibility index (Phi) is 4.31. The number of carbonyl (C=O) groups excluding carboxylic acids is 1. The highest BCUT2D eigenvalue weighted by molar-refractivity contribution is 6.30. The normalized spacial score (nSPS) is 23.6. The van der Waals surface area contributed by atoms with Crippen LogP contribution in [0, 0.1) is 5.92 Å². The Bertz CT molecular complexity index is 685. The van der Waals surface area contributed by atoms with E-state index in [0.717, 1.165) is 5.56 Å². The van der Waals surface area contributed by atoms with E-state index in [0.29, 0.717) is 29.2 Å². The second-order valence-corrected chi connectivity index (χ2v) is 6.50. The number of carboxylic acid groups (broad SMARTS) is 1. The SMILES string of the molecule is CC1CCC(C(=O)O)CN1C(=O)C1=Cc2cc(Cl)ccc2OC1. The molecule has 1 fully saturated rings. The summed E-state index contributed by atoms with van der Waals surface area (Å²) in [6, 6.07) is 5.30. The van der Waals surface area contributed by atoms with Gasteiger partial charge < -0.3 is 14.7 Å². The van der Waals surface area contributed by atoms with E-state index in [2.05, 4.69) is 0 Å². The number of ether oxygens (including phenoxy) is 1. The van der Waals surface area contributed by atoms with Crippen LogP contribution in [0.3, 0.4) is 0 Å². The van der Waals surface area contributed by atoms with E-state index >= 15 is 0 Å². The summed E-state index contributed by atoms with van der Waals surface area (Å²) in [5.41, 5.74) is 1.30. The summed E-state index contributed by atoms with van der Waals surface area (Å²) in [4.78, 5) is 25.6. The zero-order chi connectivity index (χ0) is 16.6. The molecule has 0 saturated carbocycles. The van der Waals surface area contributed by atoms with E-state index in [-0.39, 0.29) is 25.1 Å². The molecule has 1 N–H and O–H groups in total. The van der Waals surface area contributed by atoms with Crippen molar-refractivity contribution in [1.29, 1.82) is 0 Å². The van der Waals surface area contributed by atoms with Crippen molar-refractivity contribution in [3.8, 4) is 5.75 Å². The van der Waals surface area contributed by atoms with Crippen LogP contribution >= 0.6 is 11.6 Å². The first kappa shape index (κ1) is 15.9. The number of amides is 1. The first-order valence-electron chi connectivity index (χ1n) is 7.62. The van der Waals surface area contributed by atoms with E-state index in [1.807, 2.05) is 6.92 Å². The molecule has 3 rings (SSSR count). The number of halogens is 1. The van der Waals surface area contributed by atoms with Gasteiger partial charge in [0.2, 0.25) is 0 Å². The number of hydrogen-bond acceptors (Lipinski definition) is 3. The van der Waals surface area contributed by atoms with Crippen LogP contribution in [0.25, 0.3) is 6.08 Å². The fourth-order valence-corrected chi connectivity index (χ4v) is 3.23. The number of fused-ring (bicyclic) bond motifs is 1. The summed E-state index contributed by atoms with van der Waals surface area (Å²) < 4.78 is 5.62. The number of benzene rings is 1. The molecule has 1 amide bonds. The third-order valence-corrected chi connectivity index (χ3v) is 4.69. The highest BCUT2D eigenvalue weighted by Gasteiger charge is 2.34. The number of aliphatic carboxylic acids is 1. The van der Waals surface area contributed by atoms with Crippen molar-refractivity contribution < 1.29 is 19.4 Å². The molecule has 5 nitrogen and oxygen atoms in total. The minimum Gasteiger partial charge on any atom is -0.488 e. The number of carboxylic acids is 1. The second-order valence-electron chi connectivity index (χ2n) is 6.06. The highest BCUT2D eigenvalue weighted by Crippen LogP contribution is 2.31. The lowest BCUT2D eigenvalue weighted by atomic mass is 9.92. The molecule has 2 aliphatic heterocycles. The van der Waals surface area contributed by atoms with E-state index in [1.54, 1.807) is 29.2 Å². The van der Waals surface area contributed by atoms with Crippen LogP contribution in [0.5, 0.6) is 5.75 Å². The van der Waals surface area contributed by atoms with Gasteiger partial charge in [-0.05, 0) is 44.0 Å². The summed E-state index contributed by atoms with van der Waals surface area (Å²) in [7, 11) is 0. The van der Waals surface area contributed by atoms with Crippen LogP contribution in [-0.2, 0) is 9.59 Å². The number of hydrogen-bond donors (Lipinski definition) is 1. The van der Waals surface area contributed by atoms with Gasteiger partial charge in [0.05, 0.1) is 11.5 Å². The van der Waals surface area contributed by atoms with E-state index in [1.165, 1.54) is 0 Å². The van der Waals surface area contributed by atoms with Gasteiger partial charge in [-0.2, -0.15) is 0 Å². The van der Waals surface area contributed by atoms with Gasteiger partial charge >= 0.3 is 5.97 Å². The molecule has 0 aromatic heterocycles. The van der Waals surface area contributed by atoms with Crippen molar-refractivity contribution >= 4 is 29.6 Å². The predicted octanol–water partition coefficient (Wildman–Crippen LogP) is 2.83. The lowest BCUT2D eigenvalue weighted by Gasteiger charge is -2.37. The lowest BCUT2D eigenvalue weighted by molar-refractivity contribution is -0.146. The maximum absolute atomic E-state index is 12.8. The van der Waals surface area contributed by atoms with Gasteiger partial charge in [0.1, 0.15) is 12.4 Å². The topological polar surface area (TPSA) is 66.8 Å². The van der Waals surface area contributed by atoms with Gasteiger partial charge in [0, 0.05) is 23.2 Å². The zero-order valence-corrected chi connectivity index (χ0v) is 13.5. The number of likely N-dealkylation sites (tertiary alicyclic amines) is 1. The number of rotatable bonds is 2. The first-order chi connectivity index (χ1) is 11.0. The van der Waals surface area contributed by atoms with Crippen LogP contribution in [0.4, 0.5) is 0 Å². The van der Waals surface area contributed by atoms with Crippen LogP contribution in [0.1, 0.15) is 25.3 Å². The third-order valence-electron chi connectivity index (χ3n) is 4.45. The van der Waals surface area contributed by atoms with Gasteiger partial charge in [-0.25, -0.2) is 0 Å². The fourth-order valence-electron chi connectivity index (χ4n) is 3.05. The van der Waals surface area contributed by atoms with Gasteiger partial charge in [-0.3, -0.25) is 9.59 Å². The number of nitrogens with zero attached hydrogens (tertiary/aromatic N) is 1. The first-order valence-corrected chi connectivity index (χ1v) is 8.00. The molecule has 2 atom stereocenters. The molecule has 2 heterocycles. The Labute approximate surface area is 139 Å². The number of piperidine rings is 1. The summed E-state index contributed by atoms with van der Waals surface area (Å²) in [6.07, 6.45) is 3.08. The predicted molar refractivity (Wildman–Crippen MR) is 86.5 cm³/mol. The maximum Gasteiger partial charge on any atom is 0.308 e. The van der Waals surface area contributed by atoms with Gasteiger partial charge in [0.25, 0.3) is 5.91 Å². The molecule has 0 spiro atoms. The molecule has 0 aliphatic carbocycles. The van der Waals surface area contributed by atoms with E-state index in [4.69, 9.17) is 16.3 Å². The van der Waals surface area contributed by atoms with Crippen molar-refractivity contribution in [3.63, 3.8) is 0 Å². The van der Waals surface area contributed by atoms with Crippen LogP contribution < -0.4 is 4.74 Å². The van der Waals surface area contributed by atoms with Crippen LogP contribution in [-0.4, -0.2) is 41.1 Å². The minimum absolute atomic E-state index is 0.0276. The van der Waals surface area contributed by atoms with Gasteiger partial charge in [-0.1, -0.05) is 11.6 Å².